The smallest absolute Gasteiger partial charge is 0.258 e. The van der Waals surface area contributed by atoms with Crippen LogP contribution in [-0.2, 0) is 11.3 Å². The van der Waals surface area contributed by atoms with E-state index >= 15 is 0 Å². The van der Waals surface area contributed by atoms with Gasteiger partial charge in [0.1, 0.15) is 5.75 Å². The van der Waals surface area contributed by atoms with Crippen molar-refractivity contribution in [2.45, 2.75) is 13.5 Å². The van der Waals surface area contributed by atoms with Crippen LogP contribution < -0.4 is 10.1 Å². The SMILES string of the molecule is Cc1ccc(-c2nnc(CNC(=O)COc3ccc(Cl)cc3Cl)o2)cc1. The van der Waals surface area contributed by atoms with E-state index in [2.05, 4.69) is 15.5 Å². The van der Waals surface area contributed by atoms with Gasteiger partial charge in [-0.25, -0.2) is 0 Å². The molecule has 0 saturated heterocycles. The molecule has 3 rings (SSSR count). The summed E-state index contributed by atoms with van der Waals surface area (Å²) in [6, 6.07) is 12.5. The van der Waals surface area contributed by atoms with Gasteiger partial charge in [-0.1, -0.05) is 40.9 Å². The number of ether oxygens (including phenoxy) is 1. The van der Waals surface area contributed by atoms with Crippen molar-refractivity contribution in [3.05, 3.63) is 64.0 Å². The first kappa shape index (κ1) is 18.2. The molecule has 1 N–H and O–H groups in total. The Labute approximate surface area is 160 Å². The molecule has 0 aliphatic rings. The van der Waals surface area contributed by atoms with Gasteiger partial charge in [0.15, 0.2) is 6.61 Å². The molecule has 1 amide bonds. The number of rotatable bonds is 6. The van der Waals surface area contributed by atoms with Crippen molar-refractivity contribution in [2.75, 3.05) is 6.61 Å². The molecular formula is C18H15Cl2N3O3. The first-order valence-electron chi connectivity index (χ1n) is 7.75. The highest BCUT2D eigenvalue weighted by Crippen LogP contribution is 2.27. The van der Waals surface area contributed by atoms with Crippen LogP contribution in [0.3, 0.4) is 0 Å². The number of aromatic nitrogens is 2. The van der Waals surface area contributed by atoms with Crippen molar-refractivity contribution in [1.29, 1.82) is 0 Å². The van der Waals surface area contributed by atoms with E-state index in [4.69, 9.17) is 32.4 Å². The highest BCUT2D eigenvalue weighted by molar-refractivity contribution is 6.35. The fourth-order valence-corrected chi connectivity index (χ4v) is 2.56. The van der Waals surface area contributed by atoms with Gasteiger partial charge in [-0.2, -0.15) is 0 Å². The Balaban J connectivity index is 1.51. The number of halogens is 2. The number of nitrogens with zero attached hydrogens (tertiary/aromatic N) is 2. The van der Waals surface area contributed by atoms with E-state index in [1.807, 2.05) is 31.2 Å². The second-order valence-electron chi connectivity index (χ2n) is 5.51. The Hall–Kier alpha value is -2.57. The standard InChI is InChI=1S/C18H15Cl2N3O3/c1-11-2-4-12(5-3-11)18-23-22-17(26-18)9-21-16(24)10-25-15-7-6-13(19)8-14(15)20/h2-8H,9-10H2,1H3,(H,21,24). The quantitative estimate of drug-likeness (QED) is 0.685. The van der Waals surface area contributed by atoms with E-state index in [-0.39, 0.29) is 19.1 Å². The fraction of sp³-hybridized carbons (Fsp3) is 0.167. The normalized spacial score (nSPS) is 10.6. The predicted molar refractivity (Wildman–Crippen MR) is 98.3 cm³/mol. The van der Waals surface area contributed by atoms with E-state index in [0.717, 1.165) is 11.1 Å². The second kappa shape index (κ2) is 8.21. The maximum Gasteiger partial charge on any atom is 0.258 e. The third-order valence-electron chi connectivity index (χ3n) is 3.45. The highest BCUT2D eigenvalue weighted by Gasteiger charge is 2.11. The van der Waals surface area contributed by atoms with Crippen molar-refractivity contribution in [1.82, 2.24) is 15.5 Å². The Morgan fingerprint density at radius 2 is 1.92 bits per heavy atom. The molecule has 3 aromatic rings. The molecule has 0 aliphatic carbocycles. The van der Waals surface area contributed by atoms with Crippen molar-refractivity contribution in [3.8, 4) is 17.2 Å². The average molecular weight is 392 g/mol. The first-order valence-corrected chi connectivity index (χ1v) is 8.51. The summed E-state index contributed by atoms with van der Waals surface area (Å²) in [5, 5.41) is 11.4. The lowest BCUT2D eigenvalue weighted by atomic mass is 10.1. The Morgan fingerprint density at radius 3 is 2.65 bits per heavy atom. The summed E-state index contributed by atoms with van der Waals surface area (Å²) in [7, 11) is 0. The zero-order valence-electron chi connectivity index (χ0n) is 13.8. The summed E-state index contributed by atoms with van der Waals surface area (Å²) in [6.07, 6.45) is 0. The molecule has 26 heavy (non-hydrogen) atoms. The first-order chi connectivity index (χ1) is 12.5. The van der Waals surface area contributed by atoms with Gasteiger partial charge >= 0.3 is 0 Å². The summed E-state index contributed by atoms with van der Waals surface area (Å²) >= 11 is 11.8. The van der Waals surface area contributed by atoms with Gasteiger partial charge in [0.2, 0.25) is 11.8 Å². The highest BCUT2D eigenvalue weighted by atomic mass is 35.5. The number of amides is 1. The zero-order valence-corrected chi connectivity index (χ0v) is 15.3. The predicted octanol–water partition coefficient (Wildman–Crippen LogP) is 4.05. The number of hydrogen-bond donors (Lipinski definition) is 1. The number of carbonyl (C=O) groups is 1. The largest absolute Gasteiger partial charge is 0.482 e. The fourth-order valence-electron chi connectivity index (χ4n) is 2.10. The van der Waals surface area contributed by atoms with E-state index in [1.165, 1.54) is 0 Å². The van der Waals surface area contributed by atoms with Crippen LogP contribution in [0.5, 0.6) is 5.75 Å². The Bertz CT molecular complexity index is 910. The molecule has 0 radical (unpaired) electrons. The Kier molecular flexibility index (Phi) is 5.75. The minimum absolute atomic E-state index is 0.107. The van der Waals surface area contributed by atoms with Crippen molar-refractivity contribution in [3.63, 3.8) is 0 Å². The van der Waals surface area contributed by atoms with Crippen LogP contribution in [0.25, 0.3) is 11.5 Å². The van der Waals surface area contributed by atoms with Gasteiger partial charge < -0.3 is 14.5 Å². The van der Waals surface area contributed by atoms with Crippen LogP contribution in [0, 0.1) is 6.92 Å². The van der Waals surface area contributed by atoms with E-state index in [9.17, 15) is 4.79 Å². The lowest BCUT2D eigenvalue weighted by Crippen LogP contribution is -2.28. The van der Waals surface area contributed by atoms with Gasteiger partial charge in [-0.3, -0.25) is 4.79 Å². The van der Waals surface area contributed by atoms with Crippen LogP contribution in [0.1, 0.15) is 11.5 Å². The number of hydrogen-bond acceptors (Lipinski definition) is 5. The lowest BCUT2D eigenvalue weighted by Gasteiger charge is -2.08. The molecule has 0 unspecified atom stereocenters. The topological polar surface area (TPSA) is 77.2 Å². The van der Waals surface area contributed by atoms with Crippen molar-refractivity contribution in [2.24, 2.45) is 0 Å². The minimum atomic E-state index is -0.342. The van der Waals surface area contributed by atoms with Crippen LogP contribution >= 0.6 is 23.2 Å². The maximum absolute atomic E-state index is 11.9. The van der Waals surface area contributed by atoms with Gasteiger partial charge in [0, 0.05) is 10.6 Å². The summed E-state index contributed by atoms with van der Waals surface area (Å²) in [4.78, 5) is 11.9. The molecule has 0 fully saturated rings. The van der Waals surface area contributed by atoms with Crippen LogP contribution in [-0.4, -0.2) is 22.7 Å². The van der Waals surface area contributed by atoms with Gasteiger partial charge in [-0.15, -0.1) is 10.2 Å². The molecule has 8 heteroatoms. The minimum Gasteiger partial charge on any atom is -0.482 e. The van der Waals surface area contributed by atoms with Gasteiger partial charge in [0.25, 0.3) is 5.91 Å². The van der Waals surface area contributed by atoms with Crippen LogP contribution in [0.4, 0.5) is 0 Å². The number of nitrogens with one attached hydrogen (secondary N) is 1. The molecule has 1 aromatic heterocycles. The summed E-state index contributed by atoms with van der Waals surface area (Å²) in [5.74, 6) is 0.744. The van der Waals surface area contributed by atoms with E-state index < -0.39 is 0 Å². The van der Waals surface area contributed by atoms with Crippen LogP contribution in [0.15, 0.2) is 46.9 Å². The summed E-state index contributed by atoms with van der Waals surface area (Å²) < 4.78 is 10.9. The third-order valence-corrected chi connectivity index (χ3v) is 3.99. The average Bonchev–Trinajstić information content (AvgIpc) is 3.09. The van der Waals surface area contributed by atoms with Crippen LogP contribution in [0.2, 0.25) is 10.0 Å². The number of carbonyl (C=O) groups excluding carboxylic acids is 1. The summed E-state index contributed by atoms with van der Waals surface area (Å²) in [5.41, 5.74) is 1.96. The van der Waals surface area contributed by atoms with E-state index in [0.29, 0.717) is 27.6 Å². The van der Waals surface area contributed by atoms with Gasteiger partial charge in [0.05, 0.1) is 11.6 Å². The number of benzene rings is 2. The molecule has 0 spiro atoms. The zero-order chi connectivity index (χ0) is 18.5. The molecule has 1 heterocycles. The molecule has 0 atom stereocenters. The summed E-state index contributed by atoms with van der Waals surface area (Å²) in [6.45, 7) is 1.91. The second-order valence-corrected chi connectivity index (χ2v) is 6.35. The third kappa shape index (κ3) is 4.74. The maximum atomic E-state index is 11.9. The molecule has 134 valence electrons. The Morgan fingerprint density at radius 1 is 1.15 bits per heavy atom. The van der Waals surface area contributed by atoms with E-state index in [1.54, 1.807) is 18.2 Å². The van der Waals surface area contributed by atoms with Crippen molar-refractivity contribution < 1.29 is 13.9 Å². The van der Waals surface area contributed by atoms with Gasteiger partial charge in [-0.05, 0) is 37.3 Å². The monoisotopic (exact) mass is 391 g/mol. The number of aryl methyl sites for hydroxylation is 1. The lowest BCUT2D eigenvalue weighted by molar-refractivity contribution is -0.123. The molecular weight excluding hydrogens is 377 g/mol. The van der Waals surface area contributed by atoms with Crippen molar-refractivity contribution >= 4 is 29.1 Å². The molecule has 2 aromatic carbocycles. The molecule has 6 nitrogen and oxygen atoms in total. The molecule has 0 bridgehead atoms. The molecule has 0 saturated carbocycles. The molecule has 0 aliphatic heterocycles.